The number of rotatable bonds is 6. The fourth-order valence-corrected chi connectivity index (χ4v) is 3.57. The van der Waals surface area contributed by atoms with Crippen molar-refractivity contribution in [2.75, 3.05) is 19.1 Å². The number of aromatic hydroxyl groups is 2. The van der Waals surface area contributed by atoms with Crippen LogP contribution in [0.25, 0.3) is 16.9 Å². The number of methoxy groups -OCH3 is 1. The summed E-state index contributed by atoms with van der Waals surface area (Å²) in [4.78, 5) is 5.20. The van der Waals surface area contributed by atoms with E-state index in [2.05, 4.69) is 23.7 Å². The van der Waals surface area contributed by atoms with Gasteiger partial charge in [-0.15, -0.1) is 0 Å². The summed E-state index contributed by atoms with van der Waals surface area (Å²) in [6.07, 6.45) is 2.42. The van der Waals surface area contributed by atoms with Crippen molar-refractivity contribution in [1.29, 1.82) is 0 Å². The van der Waals surface area contributed by atoms with Gasteiger partial charge in [-0.05, 0) is 62.3 Å². The topological polar surface area (TPSA) is 73.7 Å². The van der Waals surface area contributed by atoms with Crippen LogP contribution >= 0.6 is 12.2 Å². The van der Waals surface area contributed by atoms with Crippen LogP contribution in [0, 0.1) is 4.77 Å². The van der Waals surface area contributed by atoms with E-state index in [1.54, 1.807) is 19.4 Å². The number of aromatic amines is 1. The fraction of sp³-hybridized carbons (Fsp3) is 0.318. The highest BCUT2D eigenvalue weighted by Crippen LogP contribution is 2.38. The Morgan fingerprint density at radius 2 is 1.90 bits per heavy atom. The Hall–Kier alpha value is -2.93. The molecule has 0 bridgehead atoms. The number of H-pyrrole nitrogens is 1. The molecule has 3 rings (SSSR count). The van der Waals surface area contributed by atoms with Crippen LogP contribution in [-0.2, 0) is 6.42 Å². The molecular formula is C22H27N3O3S. The van der Waals surface area contributed by atoms with Crippen molar-refractivity contribution in [2.45, 2.75) is 33.2 Å². The summed E-state index contributed by atoms with van der Waals surface area (Å²) in [5.74, 6) is 0.851. The zero-order chi connectivity index (χ0) is 21.3. The zero-order valence-electron chi connectivity index (χ0n) is 17.4. The van der Waals surface area contributed by atoms with Crippen molar-refractivity contribution in [2.24, 2.45) is 0 Å². The molecule has 154 valence electrons. The Morgan fingerprint density at radius 3 is 2.52 bits per heavy atom. The number of hydrogen-bond acceptors (Lipinski definition) is 5. The molecule has 0 aliphatic carbocycles. The van der Waals surface area contributed by atoms with Gasteiger partial charge in [-0.3, -0.25) is 4.57 Å². The molecule has 0 saturated heterocycles. The van der Waals surface area contributed by atoms with Gasteiger partial charge in [-0.1, -0.05) is 6.92 Å². The molecule has 0 fully saturated rings. The third kappa shape index (κ3) is 3.82. The Balaban J connectivity index is 2.22. The quantitative estimate of drug-likeness (QED) is 0.494. The second kappa shape index (κ2) is 8.21. The van der Waals surface area contributed by atoms with E-state index in [0.717, 1.165) is 22.7 Å². The minimum atomic E-state index is -0.00418. The van der Waals surface area contributed by atoms with E-state index in [1.807, 2.05) is 36.7 Å². The Bertz CT molecular complexity index is 1090. The van der Waals surface area contributed by atoms with Crippen molar-refractivity contribution in [3.63, 3.8) is 0 Å². The number of benzene rings is 2. The summed E-state index contributed by atoms with van der Waals surface area (Å²) in [7, 11) is 3.67. The van der Waals surface area contributed by atoms with Crippen LogP contribution in [-0.4, -0.2) is 40.0 Å². The van der Waals surface area contributed by atoms with Gasteiger partial charge < -0.3 is 24.8 Å². The molecule has 0 atom stereocenters. The Labute approximate surface area is 176 Å². The first-order chi connectivity index (χ1) is 13.8. The number of aryl methyl sites for hydroxylation is 1. The van der Waals surface area contributed by atoms with Gasteiger partial charge in [0.2, 0.25) is 0 Å². The molecule has 6 nitrogen and oxygen atoms in total. The summed E-state index contributed by atoms with van der Waals surface area (Å²) >= 11 is 5.54. The number of imidazole rings is 1. The molecule has 7 heteroatoms. The van der Waals surface area contributed by atoms with Crippen molar-refractivity contribution < 1.29 is 14.9 Å². The SMILES string of the molecule is CCc1cc(-c2c[nH]c(=S)n2-c2ccc(OC)c(N(C)C(C)C)c2)c(O)cc1O. The molecule has 0 aliphatic rings. The van der Waals surface area contributed by atoms with E-state index in [4.69, 9.17) is 17.0 Å². The summed E-state index contributed by atoms with van der Waals surface area (Å²) < 4.78 is 7.93. The molecule has 1 aromatic heterocycles. The standard InChI is InChI=1S/C22H27N3O3S/c1-6-14-9-16(20(27)11-19(14)26)18-12-23-22(29)25(18)15-7-8-21(28-5)17(10-15)24(4)13(2)3/h7-13,26-27H,6H2,1-5H3,(H,23,29). The average Bonchev–Trinajstić information content (AvgIpc) is 3.08. The molecule has 3 aromatic rings. The highest BCUT2D eigenvalue weighted by molar-refractivity contribution is 7.71. The van der Waals surface area contributed by atoms with Gasteiger partial charge in [0, 0.05) is 30.9 Å². The number of nitrogens with zero attached hydrogens (tertiary/aromatic N) is 2. The molecule has 0 radical (unpaired) electrons. The molecule has 29 heavy (non-hydrogen) atoms. The predicted octanol–water partition coefficient (Wildman–Crippen LogP) is 5.03. The Kier molecular flexibility index (Phi) is 5.88. The number of hydrogen-bond donors (Lipinski definition) is 3. The van der Waals surface area contributed by atoms with E-state index in [0.29, 0.717) is 22.4 Å². The molecule has 0 spiro atoms. The maximum Gasteiger partial charge on any atom is 0.182 e. The number of aromatic nitrogens is 2. The van der Waals surface area contributed by atoms with E-state index < -0.39 is 0 Å². The third-order valence-electron chi connectivity index (χ3n) is 5.21. The smallest absolute Gasteiger partial charge is 0.182 e. The number of phenols is 2. The van der Waals surface area contributed by atoms with Gasteiger partial charge >= 0.3 is 0 Å². The van der Waals surface area contributed by atoms with Gasteiger partial charge in [-0.2, -0.15) is 0 Å². The lowest BCUT2D eigenvalue weighted by Crippen LogP contribution is -2.26. The summed E-state index contributed by atoms with van der Waals surface area (Å²) in [5, 5.41) is 20.5. The van der Waals surface area contributed by atoms with Crippen LogP contribution in [0.15, 0.2) is 36.5 Å². The average molecular weight is 414 g/mol. The molecular weight excluding hydrogens is 386 g/mol. The van der Waals surface area contributed by atoms with E-state index >= 15 is 0 Å². The summed E-state index contributed by atoms with van der Waals surface area (Å²) in [5.41, 5.74) is 3.86. The minimum Gasteiger partial charge on any atom is -0.508 e. The highest BCUT2D eigenvalue weighted by Gasteiger charge is 2.18. The van der Waals surface area contributed by atoms with Crippen molar-refractivity contribution in [1.82, 2.24) is 9.55 Å². The lowest BCUT2D eigenvalue weighted by atomic mass is 10.0. The van der Waals surface area contributed by atoms with Crippen LogP contribution in [0.3, 0.4) is 0 Å². The van der Waals surface area contributed by atoms with Gasteiger partial charge in [0.25, 0.3) is 0 Å². The second-order valence-corrected chi connectivity index (χ2v) is 7.61. The number of anilines is 1. The largest absolute Gasteiger partial charge is 0.508 e. The Morgan fingerprint density at radius 1 is 1.17 bits per heavy atom. The van der Waals surface area contributed by atoms with E-state index in [-0.39, 0.29) is 17.5 Å². The monoisotopic (exact) mass is 413 g/mol. The normalized spacial score (nSPS) is 11.1. The van der Waals surface area contributed by atoms with Crippen LogP contribution in [0.4, 0.5) is 5.69 Å². The van der Waals surface area contributed by atoms with E-state index in [9.17, 15) is 10.2 Å². The van der Waals surface area contributed by atoms with Crippen LogP contribution in [0.5, 0.6) is 17.2 Å². The van der Waals surface area contributed by atoms with Crippen LogP contribution < -0.4 is 9.64 Å². The molecule has 1 heterocycles. The molecule has 0 aliphatic heterocycles. The van der Waals surface area contributed by atoms with Gasteiger partial charge in [0.05, 0.1) is 24.2 Å². The first-order valence-electron chi connectivity index (χ1n) is 9.55. The maximum absolute atomic E-state index is 10.5. The fourth-order valence-electron chi connectivity index (χ4n) is 3.30. The van der Waals surface area contributed by atoms with E-state index in [1.165, 1.54) is 6.07 Å². The van der Waals surface area contributed by atoms with Crippen LogP contribution in [0.1, 0.15) is 26.3 Å². The molecule has 3 N–H and O–H groups in total. The van der Waals surface area contributed by atoms with Crippen molar-refractivity contribution in [3.05, 3.63) is 46.9 Å². The minimum absolute atomic E-state index is 0.00418. The summed E-state index contributed by atoms with van der Waals surface area (Å²) in [6.45, 7) is 6.18. The molecule has 2 aromatic carbocycles. The lowest BCUT2D eigenvalue weighted by Gasteiger charge is -2.26. The van der Waals surface area contributed by atoms with Gasteiger partial charge in [0.1, 0.15) is 17.2 Å². The van der Waals surface area contributed by atoms with Crippen molar-refractivity contribution >= 4 is 17.9 Å². The third-order valence-corrected chi connectivity index (χ3v) is 5.51. The lowest BCUT2D eigenvalue weighted by molar-refractivity contribution is 0.414. The first kappa shape index (κ1) is 20.8. The molecule has 0 amide bonds. The maximum atomic E-state index is 10.5. The summed E-state index contributed by atoms with van der Waals surface area (Å²) in [6, 6.07) is 9.32. The van der Waals surface area contributed by atoms with Gasteiger partial charge in [0.15, 0.2) is 4.77 Å². The predicted molar refractivity (Wildman–Crippen MR) is 119 cm³/mol. The molecule has 0 unspecified atom stereocenters. The number of ether oxygens (including phenoxy) is 1. The van der Waals surface area contributed by atoms with Crippen molar-refractivity contribution in [3.8, 4) is 34.2 Å². The zero-order valence-corrected chi connectivity index (χ0v) is 18.2. The number of phenolic OH excluding ortho intramolecular Hbond substituents is 2. The van der Waals surface area contributed by atoms with Gasteiger partial charge in [-0.25, -0.2) is 0 Å². The molecule has 0 saturated carbocycles. The van der Waals surface area contributed by atoms with Crippen LogP contribution in [0.2, 0.25) is 0 Å². The first-order valence-corrected chi connectivity index (χ1v) is 9.96. The second-order valence-electron chi connectivity index (χ2n) is 7.23. The number of nitrogens with one attached hydrogen (secondary N) is 1. The highest BCUT2D eigenvalue weighted by atomic mass is 32.1.